The Morgan fingerprint density at radius 2 is 1.34 bits per heavy atom. The summed E-state index contributed by atoms with van der Waals surface area (Å²) < 4.78 is 61.7. The molecule has 100 heavy (non-hydrogen) atoms. The molecule has 5 amide bonds. The summed E-state index contributed by atoms with van der Waals surface area (Å²) in [6.07, 6.45) is -20.2. The number of phosphoric acid groups is 2. The molecule has 38 nitrogen and oxygen atoms in total. The molecule has 0 spiro atoms. The van der Waals surface area contributed by atoms with Crippen LogP contribution in [-0.2, 0) is 65.5 Å². The van der Waals surface area contributed by atoms with Gasteiger partial charge in [-0.1, -0.05) is 30.3 Å². The number of benzene rings is 3. The summed E-state index contributed by atoms with van der Waals surface area (Å²) in [6, 6.07) is 8.04. The number of rotatable bonds is 32. The summed E-state index contributed by atoms with van der Waals surface area (Å²) in [5.74, 6) is -8.89. The van der Waals surface area contributed by atoms with Gasteiger partial charge in [0, 0.05) is 47.0 Å². The average Bonchev–Trinajstić information content (AvgIpc) is 0.936. The molecule has 4 aliphatic rings. The molecule has 7 rings (SSSR count). The second-order valence-corrected chi connectivity index (χ2v) is 25.6. The molecule has 0 radical (unpaired) electrons. The Kier molecular flexibility index (Phi) is 31.0. The minimum absolute atomic E-state index is 0. The zero-order valence-corrected chi connectivity index (χ0v) is 59.9. The van der Waals surface area contributed by atoms with Gasteiger partial charge in [-0.05, 0) is 95.5 Å². The van der Waals surface area contributed by atoms with Crippen molar-refractivity contribution in [2.45, 2.75) is 151 Å². The van der Waals surface area contributed by atoms with Gasteiger partial charge in [0.2, 0.25) is 23.6 Å². The predicted octanol–water partition coefficient (Wildman–Crippen LogP) is -9.75. The van der Waals surface area contributed by atoms with Gasteiger partial charge in [0.05, 0.1) is 13.2 Å². The monoisotopic (exact) mass is 1470 g/mol. The molecule has 15 N–H and O–H groups in total. The fourth-order valence-electron chi connectivity index (χ4n) is 9.94. The number of aliphatic hydroxyl groups is 5. The average molecular weight is 1470 g/mol. The molecule has 0 bridgehead atoms. The molecule has 42 heteroatoms. The summed E-state index contributed by atoms with van der Waals surface area (Å²) in [7, 11) is -11.7. The fraction of sp³-hybridized carbons (Fsp3) is 0.466. The molecule has 1 aliphatic carbocycles. The molecule has 3 aromatic rings. The van der Waals surface area contributed by atoms with Gasteiger partial charge in [0.15, 0.2) is 17.9 Å². The van der Waals surface area contributed by atoms with E-state index in [1.807, 2.05) is 4.98 Å². The van der Waals surface area contributed by atoms with Crippen molar-refractivity contribution in [1.29, 1.82) is 0 Å². The number of carboxylic acids is 2. The summed E-state index contributed by atoms with van der Waals surface area (Å²) in [5.41, 5.74) is -0.453. The van der Waals surface area contributed by atoms with E-state index in [9.17, 15) is 113 Å². The number of H-pyrrole nitrogens is 1. The summed E-state index contributed by atoms with van der Waals surface area (Å²) in [4.78, 5) is 153. The maximum Gasteiger partial charge on any atom is 1.00 e. The van der Waals surface area contributed by atoms with Crippen molar-refractivity contribution in [2.24, 2.45) is 4.99 Å². The first-order chi connectivity index (χ1) is 46.0. The van der Waals surface area contributed by atoms with Crippen LogP contribution in [0.25, 0.3) is 33.4 Å². The maximum absolute atomic E-state index is 13.9. The Balaban J connectivity index is 0.00000901. The van der Waals surface area contributed by atoms with Crippen molar-refractivity contribution in [1.82, 2.24) is 36.1 Å². The Labute approximate surface area is 609 Å². The molecule has 534 valence electrons. The predicted molar refractivity (Wildman–Crippen MR) is 328 cm³/mol. The van der Waals surface area contributed by atoms with E-state index < -0.39 is 192 Å². The Bertz CT molecular complexity index is 4050. The third-order valence-electron chi connectivity index (χ3n) is 15.2. The number of fused-ring (bicyclic) bond motifs is 2. The van der Waals surface area contributed by atoms with Crippen LogP contribution >= 0.6 is 15.6 Å². The molecule has 2 fully saturated rings. The number of hydrogen-bond donors (Lipinski definition) is 15. The number of aromatic nitrogens is 2. The van der Waals surface area contributed by atoms with Gasteiger partial charge < -0.3 is 101 Å². The zero-order chi connectivity index (χ0) is 72.2. The number of aromatic amines is 1. The van der Waals surface area contributed by atoms with E-state index in [-0.39, 0.29) is 113 Å². The third kappa shape index (κ3) is 22.4. The summed E-state index contributed by atoms with van der Waals surface area (Å²) in [6.45, 7) is 2.56. The molecule has 2 saturated heterocycles. The first-order valence-corrected chi connectivity index (χ1v) is 32.8. The van der Waals surface area contributed by atoms with Crippen LogP contribution in [-0.4, -0.2) is 208 Å². The number of aliphatic imine (C=N–C) groups is 1. The molecule has 3 aliphatic heterocycles. The summed E-state index contributed by atoms with van der Waals surface area (Å²) >= 11 is 0. The van der Waals surface area contributed by atoms with E-state index >= 15 is 0 Å². The molecule has 4 heterocycles. The number of carbonyl (C=O) groups excluding carboxylic acids is 5. The van der Waals surface area contributed by atoms with Crippen molar-refractivity contribution in [2.75, 3.05) is 19.8 Å². The molecule has 2 aromatic carbocycles. The third-order valence-corrected chi connectivity index (χ3v) is 17.8. The van der Waals surface area contributed by atoms with E-state index in [1.165, 1.54) is 38.1 Å². The zero-order valence-electron chi connectivity index (χ0n) is 54.1. The first-order valence-electron chi connectivity index (χ1n) is 29.8. The fourth-order valence-corrected chi connectivity index (χ4v) is 12.1. The van der Waals surface area contributed by atoms with Gasteiger partial charge in [-0.2, -0.15) is 4.31 Å². The number of aliphatic carboxylic acids is 2. The number of hydrogen-bond acceptors (Lipinski definition) is 27. The number of unbranched alkanes of at least 4 members (excludes halogenated alkanes) is 1. The van der Waals surface area contributed by atoms with E-state index in [0.29, 0.717) is 26.6 Å². The maximum atomic E-state index is 13.9. The molecular formula is C58H70N8Na2O30P2. The number of nitrogens with one attached hydrogen (secondary N) is 6. The Hall–Kier alpha value is -6.69. The van der Waals surface area contributed by atoms with E-state index in [0.717, 1.165) is 26.1 Å². The number of phosphoric ester groups is 2. The Morgan fingerprint density at radius 1 is 0.700 bits per heavy atom. The van der Waals surface area contributed by atoms with Gasteiger partial charge in [0.1, 0.15) is 90.4 Å². The SMILES string of the molecule is C[C@H](NC(=O)[C@H](C)OC[C@H]1O[C@H](OP(=O)(O)OP(=O)(O)OC[C@H]2O[C@@H](n3ccc(=O)[nH]c3=O)[C@H](O)[C@@H]2O)[C@H](O)[C@@H](O)[C@@H]1O)C(=O)N[C@H](CCC([O-])=N[C@@H](CCCCNC(=O)c1ccccc1-c1c2ccc(=O)cc-2oc2cc([O-])ccc12)C(=O)N[C@H](C)C(=O)N[C@H](C)C(=O)O)C(=O)O.[Na+].[Na+]. The normalized spacial score (nSPS) is 22.9. The van der Waals surface area contributed by atoms with Crippen LogP contribution in [0.5, 0.6) is 5.75 Å². The van der Waals surface area contributed by atoms with Crippen LogP contribution in [0.2, 0.25) is 0 Å². The van der Waals surface area contributed by atoms with Crippen molar-refractivity contribution >= 4 is 74.0 Å². The number of nitrogens with zero attached hydrogens (tertiary/aromatic N) is 2. The molecule has 1 aromatic heterocycles. The minimum atomic E-state index is -5.92. The number of ether oxygens (including phenoxy) is 3. The number of carbonyl (C=O) groups is 7. The molecular weight excluding hydrogens is 1400 g/mol. The smallest absolute Gasteiger partial charge is 0.872 e. The topological polar surface area (TPSA) is 595 Å². The van der Waals surface area contributed by atoms with E-state index in [1.54, 1.807) is 36.4 Å². The minimum Gasteiger partial charge on any atom is -0.872 e. The van der Waals surface area contributed by atoms with Crippen LogP contribution in [0.1, 0.15) is 76.4 Å². The summed E-state index contributed by atoms with van der Waals surface area (Å²) in [5, 5.41) is 110. The van der Waals surface area contributed by atoms with Crippen molar-refractivity contribution in [3.8, 4) is 28.2 Å². The van der Waals surface area contributed by atoms with Gasteiger partial charge in [0.25, 0.3) is 11.5 Å². The standard InChI is InChI=1S/C58H72N8O30P2.2Na/c1-25(49(76)62-27(3)55(81)82)61-53(80)35(11-7-8-19-59-52(79)32-10-6-5-9-31(32)43-33-14-12-29(67)21-37(33)92-38-22-30(68)13-15-34(38)43)63-41(69)17-16-36(56(83)84)64-50(77)26(2)60-51(78)28(4)90-23-39-44(71)46(73)48(75)57(94-39)95-98(88,89)96-97(86,87)91-24-40-45(72)47(74)54(93-40)66-20-18-42(70)65-58(66)85;;/h5-6,9-10,12-15,18,20-22,25-28,35-36,39-40,44-48,54,57,67,71-75H,7-8,11,16-17,19,23-24H2,1-4H3,(H,59,79)(H,60,78)(H,61,80)(H,62,76)(H,63,69)(H,64,77)(H,81,82)(H,83,84)(H,86,87)(H,88,89)(H,65,70,85);;/q;2*+1/p-2/t25-,26+,27-,28+,35+,36-,39-,40-,44-,45-,46+,47-,48-,54-,57-;;/m1../s1. The van der Waals surface area contributed by atoms with Gasteiger partial charge in [-0.15, -0.1) is 5.75 Å². The second-order valence-electron chi connectivity index (χ2n) is 22.6. The number of carboxylic acid groups (broad SMARTS) is 2. The van der Waals surface area contributed by atoms with Crippen LogP contribution in [0.15, 0.2) is 96.7 Å². The van der Waals surface area contributed by atoms with Gasteiger partial charge >= 0.3 is 92.4 Å². The van der Waals surface area contributed by atoms with E-state index in [2.05, 4.69) is 44.9 Å². The van der Waals surface area contributed by atoms with Crippen molar-refractivity contribution in [3.05, 3.63) is 110 Å². The second kappa shape index (κ2) is 37.0. The first kappa shape index (κ1) is 84.0. The van der Waals surface area contributed by atoms with Crippen LogP contribution in [0, 0.1) is 0 Å². The molecule has 2 unspecified atom stereocenters. The van der Waals surface area contributed by atoms with Crippen LogP contribution in [0.4, 0.5) is 0 Å². The number of aliphatic hydroxyl groups excluding tert-OH is 5. The van der Waals surface area contributed by atoms with E-state index in [4.69, 9.17) is 18.6 Å². The van der Waals surface area contributed by atoms with Gasteiger partial charge in [-0.3, -0.25) is 61.9 Å². The van der Waals surface area contributed by atoms with Crippen molar-refractivity contribution < 1.29 is 190 Å². The van der Waals surface area contributed by atoms with Crippen LogP contribution < -0.4 is 113 Å². The van der Waals surface area contributed by atoms with Crippen LogP contribution in [0.3, 0.4) is 0 Å². The Morgan fingerprint density at radius 3 is 2.01 bits per heavy atom. The number of amides is 5. The molecule has 0 saturated carbocycles. The van der Waals surface area contributed by atoms with Crippen molar-refractivity contribution in [3.63, 3.8) is 0 Å². The largest absolute Gasteiger partial charge is 1.00 e. The molecule has 17 atom stereocenters. The van der Waals surface area contributed by atoms with Gasteiger partial charge in [-0.25, -0.2) is 18.7 Å². The quantitative estimate of drug-likeness (QED) is 0.00475.